The van der Waals surface area contributed by atoms with Crippen molar-refractivity contribution in [2.24, 2.45) is 0 Å². The van der Waals surface area contributed by atoms with Gasteiger partial charge in [0.1, 0.15) is 0 Å². The highest BCUT2D eigenvalue weighted by Crippen LogP contribution is 2.30. The summed E-state index contributed by atoms with van der Waals surface area (Å²) in [6.07, 6.45) is 0.702. The van der Waals surface area contributed by atoms with Crippen LogP contribution in [-0.2, 0) is 16.6 Å². The van der Waals surface area contributed by atoms with Crippen molar-refractivity contribution in [2.45, 2.75) is 30.8 Å². The van der Waals surface area contributed by atoms with E-state index in [2.05, 4.69) is 5.32 Å². The number of carbonyl (C=O) groups is 1. The summed E-state index contributed by atoms with van der Waals surface area (Å²) in [7, 11) is -3.94. The first-order chi connectivity index (χ1) is 17.0. The molecule has 0 aliphatic rings. The average molecular weight is 485 g/mol. The Morgan fingerprint density at radius 1 is 0.771 bits per heavy atom. The molecule has 0 saturated heterocycles. The number of rotatable bonds is 9. The summed E-state index contributed by atoms with van der Waals surface area (Å²) in [4.78, 5) is 13.7. The maximum absolute atomic E-state index is 13.8. The Kier molecular flexibility index (Phi) is 7.63. The van der Waals surface area contributed by atoms with Gasteiger partial charge in [0, 0.05) is 0 Å². The van der Waals surface area contributed by atoms with Gasteiger partial charge in [0.25, 0.3) is 15.9 Å². The van der Waals surface area contributed by atoms with Gasteiger partial charge in [0.05, 0.1) is 28.7 Å². The lowest BCUT2D eigenvalue weighted by atomic mass is 10.0. The summed E-state index contributed by atoms with van der Waals surface area (Å²) in [5, 5.41) is 3.09. The Balaban J connectivity index is 1.75. The number of amides is 1. The number of hydrogen-bond acceptors (Lipinski definition) is 3. The Hall–Kier alpha value is -3.90. The molecule has 35 heavy (non-hydrogen) atoms. The summed E-state index contributed by atoms with van der Waals surface area (Å²) in [6.45, 7) is 2.10. The monoisotopic (exact) mass is 484 g/mol. The highest BCUT2D eigenvalue weighted by Gasteiger charge is 2.29. The Morgan fingerprint density at radius 2 is 1.31 bits per heavy atom. The molecular weight excluding hydrogens is 456 g/mol. The van der Waals surface area contributed by atoms with E-state index >= 15 is 0 Å². The van der Waals surface area contributed by atoms with Crippen LogP contribution in [0.25, 0.3) is 0 Å². The number of benzene rings is 4. The van der Waals surface area contributed by atoms with Crippen molar-refractivity contribution >= 4 is 21.6 Å². The summed E-state index contributed by atoms with van der Waals surface area (Å²) < 4.78 is 28.9. The Labute approximate surface area is 207 Å². The van der Waals surface area contributed by atoms with Gasteiger partial charge in [-0.15, -0.1) is 0 Å². The molecule has 5 nitrogen and oxygen atoms in total. The zero-order valence-electron chi connectivity index (χ0n) is 19.5. The van der Waals surface area contributed by atoms with Gasteiger partial charge < -0.3 is 5.32 Å². The fourth-order valence-corrected chi connectivity index (χ4v) is 5.49. The molecule has 1 N–H and O–H groups in total. The first-order valence-corrected chi connectivity index (χ1v) is 13.0. The van der Waals surface area contributed by atoms with Crippen LogP contribution in [0.1, 0.15) is 40.9 Å². The highest BCUT2D eigenvalue weighted by atomic mass is 32.2. The van der Waals surface area contributed by atoms with Crippen LogP contribution in [0.4, 0.5) is 5.69 Å². The number of nitrogens with one attached hydrogen (secondary N) is 1. The van der Waals surface area contributed by atoms with Gasteiger partial charge in [-0.05, 0) is 41.8 Å². The van der Waals surface area contributed by atoms with E-state index in [9.17, 15) is 13.2 Å². The number of para-hydroxylation sites is 1. The van der Waals surface area contributed by atoms with Crippen LogP contribution in [0.5, 0.6) is 0 Å². The van der Waals surface area contributed by atoms with Gasteiger partial charge in [0.15, 0.2) is 0 Å². The van der Waals surface area contributed by atoms with Crippen molar-refractivity contribution in [1.29, 1.82) is 0 Å². The van der Waals surface area contributed by atoms with Crippen molar-refractivity contribution in [3.8, 4) is 0 Å². The number of hydrogen-bond donors (Lipinski definition) is 1. The van der Waals surface area contributed by atoms with E-state index in [0.29, 0.717) is 17.7 Å². The van der Waals surface area contributed by atoms with Crippen LogP contribution >= 0.6 is 0 Å². The second-order valence-corrected chi connectivity index (χ2v) is 10.0. The van der Waals surface area contributed by atoms with Crippen molar-refractivity contribution in [1.82, 2.24) is 5.32 Å². The fourth-order valence-electron chi connectivity index (χ4n) is 3.99. The second-order valence-electron chi connectivity index (χ2n) is 8.17. The van der Waals surface area contributed by atoms with Gasteiger partial charge >= 0.3 is 0 Å². The molecule has 4 aromatic rings. The van der Waals surface area contributed by atoms with Crippen LogP contribution in [-0.4, -0.2) is 14.3 Å². The van der Waals surface area contributed by atoms with Crippen LogP contribution in [0.15, 0.2) is 120 Å². The molecule has 0 unspecified atom stereocenters. The van der Waals surface area contributed by atoms with E-state index in [1.165, 1.54) is 4.31 Å². The van der Waals surface area contributed by atoms with E-state index in [-0.39, 0.29) is 23.4 Å². The minimum Gasteiger partial charge on any atom is -0.345 e. The summed E-state index contributed by atoms with van der Waals surface area (Å²) in [5.41, 5.74) is 2.45. The van der Waals surface area contributed by atoms with Gasteiger partial charge in [-0.25, -0.2) is 8.42 Å². The number of carbonyl (C=O) groups excluding carboxylic acids is 1. The summed E-state index contributed by atoms with van der Waals surface area (Å²) in [6, 6.07) is 34.1. The van der Waals surface area contributed by atoms with Gasteiger partial charge in [-0.2, -0.15) is 0 Å². The largest absolute Gasteiger partial charge is 0.345 e. The SMILES string of the molecule is CC[C@H](NC(=O)c1ccccc1N(Cc1ccccc1)S(=O)(=O)c1ccccc1)c1ccccc1. The third-order valence-corrected chi connectivity index (χ3v) is 7.61. The predicted octanol–water partition coefficient (Wildman–Crippen LogP) is 5.96. The average Bonchev–Trinajstić information content (AvgIpc) is 2.91. The van der Waals surface area contributed by atoms with Crippen LogP contribution in [0.2, 0.25) is 0 Å². The summed E-state index contributed by atoms with van der Waals surface area (Å²) in [5.74, 6) is -0.322. The van der Waals surface area contributed by atoms with Crippen LogP contribution < -0.4 is 9.62 Å². The number of sulfonamides is 1. The predicted molar refractivity (Wildman–Crippen MR) is 140 cm³/mol. The van der Waals surface area contributed by atoms with E-state index in [0.717, 1.165) is 11.1 Å². The molecule has 0 aromatic heterocycles. The molecule has 1 atom stereocenters. The molecule has 178 valence electrons. The standard InChI is InChI=1S/C29H28N2O3S/c1-2-27(24-16-8-4-9-17-24)30-29(32)26-20-12-13-21-28(26)31(22-23-14-6-3-7-15-23)35(33,34)25-18-10-5-11-19-25/h3-21,27H,2,22H2,1H3,(H,30,32)/t27-/m0/s1. The zero-order valence-corrected chi connectivity index (χ0v) is 20.4. The molecule has 0 fully saturated rings. The fraction of sp³-hybridized carbons (Fsp3) is 0.138. The van der Waals surface area contributed by atoms with E-state index in [1.54, 1.807) is 54.6 Å². The van der Waals surface area contributed by atoms with Crippen LogP contribution in [0, 0.1) is 0 Å². The molecule has 6 heteroatoms. The lowest BCUT2D eigenvalue weighted by molar-refractivity contribution is 0.0936. The quantitative estimate of drug-likeness (QED) is 0.319. The van der Waals surface area contributed by atoms with Crippen molar-refractivity contribution in [2.75, 3.05) is 4.31 Å². The van der Waals surface area contributed by atoms with Crippen molar-refractivity contribution in [3.05, 3.63) is 132 Å². The lowest BCUT2D eigenvalue weighted by Crippen LogP contribution is -2.34. The second kappa shape index (κ2) is 11.0. The number of nitrogens with zero attached hydrogens (tertiary/aromatic N) is 1. The third kappa shape index (κ3) is 5.61. The van der Waals surface area contributed by atoms with E-state index < -0.39 is 10.0 Å². The molecule has 0 heterocycles. The molecule has 4 rings (SSSR count). The highest BCUT2D eigenvalue weighted by molar-refractivity contribution is 7.92. The molecule has 4 aromatic carbocycles. The molecule has 0 aliphatic carbocycles. The first kappa shape index (κ1) is 24.2. The van der Waals surface area contributed by atoms with E-state index in [4.69, 9.17) is 0 Å². The minimum atomic E-state index is -3.94. The number of anilines is 1. The van der Waals surface area contributed by atoms with Gasteiger partial charge in [0.2, 0.25) is 0 Å². The minimum absolute atomic E-state index is 0.0955. The summed E-state index contributed by atoms with van der Waals surface area (Å²) >= 11 is 0. The molecule has 0 spiro atoms. The van der Waals surface area contributed by atoms with Gasteiger partial charge in [-0.3, -0.25) is 9.10 Å². The van der Waals surface area contributed by atoms with E-state index in [1.807, 2.05) is 67.6 Å². The molecule has 1 amide bonds. The maximum atomic E-state index is 13.8. The lowest BCUT2D eigenvalue weighted by Gasteiger charge is -2.27. The topological polar surface area (TPSA) is 66.5 Å². The smallest absolute Gasteiger partial charge is 0.264 e. The zero-order chi connectivity index (χ0) is 24.7. The molecular formula is C29H28N2O3S. The Bertz CT molecular complexity index is 1360. The van der Waals surface area contributed by atoms with Crippen LogP contribution in [0.3, 0.4) is 0 Å². The molecule has 0 aliphatic heterocycles. The molecule has 0 radical (unpaired) electrons. The van der Waals surface area contributed by atoms with Gasteiger partial charge in [-0.1, -0.05) is 97.9 Å². The molecule has 0 saturated carbocycles. The maximum Gasteiger partial charge on any atom is 0.264 e. The van der Waals surface area contributed by atoms with Crippen molar-refractivity contribution < 1.29 is 13.2 Å². The Morgan fingerprint density at radius 3 is 1.94 bits per heavy atom. The van der Waals surface area contributed by atoms with Crippen molar-refractivity contribution in [3.63, 3.8) is 0 Å². The normalized spacial score (nSPS) is 12.0. The molecule has 0 bridgehead atoms. The third-order valence-electron chi connectivity index (χ3n) is 5.83. The first-order valence-electron chi connectivity index (χ1n) is 11.6.